The van der Waals surface area contributed by atoms with Crippen molar-refractivity contribution in [2.45, 2.75) is 44.7 Å². The van der Waals surface area contributed by atoms with Crippen LogP contribution >= 0.6 is 0 Å². The quantitative estimate of drug-likeness (QED) is 0.859. The molecule has 1 aromatic heterocycles. The first-order valence-corrected chi connectivity index (χ1v) is 7.88. The molecule has 1 aliphatic rings. The second-order valence-electron chi connectivity index (χ2n) is 5.82. The number of urea groups is 1. The lowest BCUT2D eigenvalue weighted by atomic mass is 10.1. The van der Waals surface area contributed by atoms with Crippen LogP contribution in [-0.2, 0) is 6.54 Å². The molecule has 0 radical (unpaired) electrons. The molecular weight excluding hydrogens is 276 g/mol. The van der Waals surface area contributed by atoms with E-state index in [2.05, 4.69) is 28.6 Å². The molecule has 2 N–H and O–H groups in total. The van der Waals surface area contributed by atoms with Gasteiger partial charge in [0.1, 0.15) is 0 Å². The molecule has 0 saturated heterocycles. The van der Waals surface area contributed by atoms with Crippen molar-refractivity contribution in [3.8, 4) is 0 Å². The topological polar surface area (TPSA) is 59.0 Å². The van der Waals surface area contributed by atoms with E-state index in [0.29, 0.717) is 5.92 Å². The van der Waals surface area contributed by atoms with E-state index in [0.717, 1.165) is 18.7 Å². The summed E-state index contributed by atoms with van der Waals surface area (Å²) in [5.74, 6) is 0.615. The molecule has 2 amide bonds. The molecule has 5 heteroatoms. The van der Waals surface area contributed by atoms with Gasteiger partial charge in [-0.25, -0.2) is 9.78 Å². The van der Waals surface area contributed by atoms with Crippen LogP contribution in [0.2, 0.25) is 0 Å². The van der Waals surface area contributed by atoms with Gasteiger partial charge in [0, 0.05) is 30.7 Å². The largest absolute Gasteiger partial charge is 0.335 e. The lowest BCUT2D eigenvalue weighted by molar-refractivity contribution is 0.246. The first kappa shape index (κ1) is 14.6. The number of amides is 2. The van der Waals surface area contributed by atoms with Gasteiger partial charge in [0.15, 0.2) is 0 Å². The second kappa shape index (κ2) is 6.64. The number of imidazole rings is 1. The standard InChI is InChI=1S/C17H22N4O/c1-2-14(11-21-10-9-18-12-21)19-17(22)20-16-6-4-3-5-15(16)13-7-8-13/h3-6,9-10,12-14H,2,7-8,11H2,1H3,(H2,19,20,22)/t14-/m0/s1. The molecule has 3 rings (SSSR count). The third kappa shape index (κ3) is 3.67. The number of hydrogen-bond donors (Lipinski definition) is 2. The summed E-state index contributed by atoms with van der Waals surface area (Å²) in [5, 5.41) is 6.04. The van der Waals surface area contributed by atoms with Crippen molar-refractivity contribution in [1.29, 1.82) is 0 Å². The van der Waals surface area contributed by atoms with Crippen molar-refractivity contribution in [3.05, 3.63) is 48.5 Å². The summed E-state index contributed by atoms with van der Waals surface area (Å²) < 4.78 is 1.98. The Morgan fingerprint density at radius 1 is 1.41 bits per heavy atom. The molecule has 0 spiro atoms. The Balaban J connectivity index is 1.59. The number of carbonyl (C=O) groups excluding carboxylic acids is 1. The summed E-state index contributed by atoms with van der Waals surface area (Å²) >= 11 is 0. The normalized spacial score (nSPS) is 15.3. The van der Waals surface area contributed by atoms with Gasteiger partial charge >= 0.3 is 6.03 Å². The summed E-state index contributed by atoms with van der Waals surface area (Å²) in [6, 6.07) is 8.03. The van der Waals surface area contributed by atoms with Crippen LogP contribution in [0, 0.1) is 0 Å². The molecule has 2 aromatic rings. The number of benzene rings is 1. The average Bonchev–Trinajstić information content (AvgIpc) is 3.24. The lowest BCUT2D eigenvalue weighted by Gasteiger charge is -2.19. The maximum absolute atomic E-state index is 12.3. The second-order valence-corrected chi connectivity index (χ2v) is 5.82. The van der Waals surface area contributed by atoms with Gasteiger partial charge in [-0.2, -0.15) is 0 Å². The Bertz CT molecular complexity index is 619. The monoisotopic (exact) mass is 298 g/mol. The van der Waals surface area contributed by atoms with Crippen LogP contribution in [0.4, 0.5) is 10.5 Å². The molecule has 1 saturated carbocycles. The molecule has 0 bridgehead atoms. The molecular formula is C17H22N4O. The van der Waals surface area contributed by atoms with E-state index in [9.17, 15) is 4.79 Å². The van der Waals surface area contributed by atoms with Crippen LogP contribution < -0.4 is 10.6 Å². The average molecular weight is 298 g/mol. The maximum Gasteiger partial charge on any atom is 0.319 e. The van der Waals surface area contributed by atoms with Crippen LogP contribution in [0.15, 0.2) is 43.0 Å². The summed E-state index contributed by atoms with van der Waals surface area (Å²) in [7, 11) is 0. The summed E-state index contributed by atoms with van der Waals surface area (Å²) in [6.45, 7) is 2.80. The zero-order chi connectivity index (χ0) is 15.4. The van der Waals surface area contributed by atoms with E-state index in [-0.39, 0.29) is 12.1 Å². The van der Waals surface area contributed by atoms with E-state index >= 15 is 0 Å². The summed E-state index contributed by atoms with van der Waals surface area (Å²) in [5.41, 5.74) is 2.18. The Labute approximate surface area is 130 Å². The number of aromatic nitrogens is 2. The number of carbonyl (C=O) groups is 1. The number of hydrogen-bond acceptors (Lipinski definition) is 2. The Hall–Kier alpha value is -2.30. The molecule has 1 aromatic carbocycles. The van der Waals surface area contributed by atoms with Crippen molar-refractivity contribution in [1.82, 2.24) is 14.9 Å². The van der Waals surface area contributed by atoms with E-state index in [4.69, 9.17) is 0 Å². The van der Waals surface area contributed by atoms with Crippen LogP contribution in [0.5, 0.6) is 0 Å². The first-order chi connectivity index (χ1) is 10.8. The van der Waals surface area contributed by atoms with Crippen molar-refractivity contribution in [2.24, 2.45) is 0 Å². The highest BCUT2D eigenvalue weighted by molar-refractivity contribution is 5.90. The number of rotatable bonds is 6. The third-order valence-corrected chi connectivity index (χ3v) is 4.04. The highest BCUT2D eigenvalue weighted by Gasteiger charge is 2.26. The smallest absolute Gasteiger partial charge is 0.319 e. The fourth-order valence-corrected chi connectivity index (χ4v) is 2.63. The first-order valence-electron chi connectivity index (χ1n) is 7.88. The van der Waals surface area contributed by atoms with Crippen LogP contribution in [0.1, 0.15) is 37.7 Å². The molecule has 1 heterocycles. The molecule has 116 valence electrons. The third-order valence-electron chi connectivity index (χ3n) is 4.04. The van der Waals surface area contributed by atoms with E-state index < -0.39 is 0 Å². The van der Waals surface area contributed by atoms with Gasteiger partial charge in [-0.05, 0) is 36.8 Å². The minimum Gasteiger partial charge on any atom is -0.335 e. The Morgan fingerprint density at radius 3 is 2.91 bits per heavy atom. The molecule has 5 nitrogen and oxygen atoms in total. The van der Waals surface area contributed by atoms with Crippen LogP contribution in [0.25, 0.3) is 0 Å². The fourth-order valence-electron chi connectivity index (χ4n) is 2.63. The minimum absolute atomic E-state index is 0.0855. The highest BCUT2D eigenvalue weighted by Crippen LogP contribution is 2.43. The lowest BCUT2D eigenvalue weighted by Crippen LogP contribution is -2.40. The van der Waals surface area contributed by atoms with Gasteiger partial charge in [-0.1, -0.05) is 25.1 Å². The Kier molecular flexibility index (Phi) is 4.42. The SMILES string of the molecule is CC[C@@H](Cn1ccnc1)NC(=O)Nc1ccccc1C1CC1. The van der Waals surface area contributed by atoms with Gasteiger partial charge in [-0.3, -0.25) is 0 Å². The van der Waals surface area contributed by atoms with Gasteiger partial charge in [0.05, 0.1) is 6.33 Å². The number of nitrogens with zero attached hydrogens (tertiary/aromatic N) is 2. The van der Waals surface area contributed by atoms with E-state index in [1.807, 2.05) is 29.0 Å². The molecule has 0 unspecified atom stereocenters. The molecule has 0 aliphatic heterocycles. The predicted octanol–water partition coefficient (Wildman–Crippen LogP) is 3.36. The predicted molar refractivity (Wildman–Crippen MR) is 86.9 cm³/mol. The number of anilines is 1. The summed E-state index contributed by atoms with van der Waals surface area (Å²) in [6.07, 6.45) is 8.74. The zero-order valence-electron chi connectivity index (χ0n) is 12.8. The van der Waals surface area contributed by atoms with Gasteiger partial charge in [0.25, 0.3) is 0 Å². The number of para-hydroxylation sites is 1. The zero-order valence-corrected chi connectivity index (χ0v) is 12.8. The van der Waals surface area contributed by atoms with Gasteiger partial charge < -0.3 is 15.2 Å². The van der Waals surface area contributed by atoms with Gasteiger partial charge in [-0.15, -0.1) is 0 Å². The molecule has 1 fully saturated rings. The number of nitrogens with one attached hydrogen (secondary N) is 2. The van der Waals surface area contributed by atoms with Crippen molar-refractivity contribution >= 4 is 11.7 Å². The summed E-state index contributed by atoms with van der Waals surface area (Å²) in [4.78, 5) is 16.3. The van der Waals surface area contributed by atoms with E-state index in [1.165, 1.54) is 18.4 Å². The van der Waals surface area contributed by atoms with Gasteiger partial charge in [0.2, 0.25) is 0 Å². The van der Waals surface area contributed by atoms with Crippen molar-refractivity contribution in [2.75, 3.05) is 5.32 Å². The fraction of sp³-hybridized carbons (Fsp3) is 0.412. The van der Waals surface area contributed by atoms with Crippen LogP contribution in [-0.4, -0.2) is 21.6 Å². The highest BCUT2D eigenvalue weighted by atomic mass is 16.2. The molecule has 1 atom stereocenters. The van der Waals surface area contributed by atoms with E-state index in [1.54, 1.807) is 12.5 Å². The minimum atomic E-state index is -0.139. The maximum atomic E-state index is 12.3. The van der Waals surface area contributed by atoms with Crippen molar-refractivity contribution in [3.63, 3.8) is 0 Å². The molecule has 1 aliphatic carbocycles. The molecule has 22 heavy (non-hydrogen) atoms. The Morgan fingerprint density at radius 2 is 2.23 bits per heavy atom. The van der Waals surface area contributed by atoms with Crippen molar-refractivity contribution < 1.29 is 4.79 Å². The van der Waals surface area contributed by atoms with Crippen LogP contribution in [0.3, 0.4) is 0 Å².